The Balaban J connectivity index is 2.25. The fourth-order valence-electron chi connectivity index (χ4n) is 2.21. The molecule has 0 fully saturated rings. The molecule has 0 amide bonds. The summed E-state index contributed by atoms with van der Waals surface area (Å²) in [5.41, 5.74) is 8.76. The van der Waals surface area contributed by atoms with E-state index in [-0.39, 0.29) is 5.82 Å². The van der Waals surface area contributed by atoms with Crippen molar-refractivity contribution >= 4 is 5.69 Å². The molecule has 1 heterocycles. The van der Waals surface area contributed by atoms with Gasteiger partial charge in [0, 0.05) is 18.2 Å². The van der Waals surface area contributed by atoms with Crippen LogP contribution in [-0.4, -0.2) is 0 Å². The fraction of sp³-hybridized carbons (Fsp3) is 0. The molecule has 0 aliphatic rings. The average Bonchev–Trinajstić information content (AvgIpc) is 2.49. The molecule has 0 atom stereocenters. The van der Waals surface area contributed by atoms with Crippen LogP contribution in [0.3, 0.4) is 0 Å². The van der Waals surface area contributed by atoms with E-state index in [1.54, 1.807) is 24.4 Å². The first-order chi connectivity index (χ1) is 9.75. The van der Waals surface area contributed by atoms with Crippen molar-refractivity contribution in [1.29, 1.82) is 0 Å². The Morgan fingerprint density at radius 2 is 1.50 bits per heavy atom. The van der Waals surface area contributed by atoms with Crippen LogP contribution in [0, 0.1) is 5.82 Å². The average molecular weight is 265 g/mol. The maximum Gasteiger partial charge on any atom is 0.221 e. The van der Waals surface area contributed by atoms with Gasteiger partial charge in [-0.3, -0.25) is 0 Å². The number of rotatable bonds is 2. The topological polar surface area (TPSA) is 29.9 Å². The van der Waals surface area contributed by atoms with Crippen LogP contribution >= 0.6 is 0 Å². The van der Waals surface area contributed by atoms with Crippen molar-refractivity contribution in [2.75, 3.05) is 5.73 Å². The fourth-order valence-corrected chi connectivity index (χ4v) is 2.21. The number of halogens is 1. The molecule has 20 heavy (non-hydrogen) atoms. The van der Waals surface area contributed by atoms with Gasteiger partial charge in [-0.25, -0.2) is 4.39 Å². The van der Waals surface area contributed by atoms with E-state index >= 15 is 0 Å². The van der Waals surface area contributed by atoms with Gasteiger partial charge in [-0.2, -0.15) is 4.57 Å². The van der Waals surface area contributed by atoms with E-state index in [1.807, 2.05) is 47.0 Å². The number of aromatic nitrogens is 1. The molecule has 2 N–H and O–H groups in total. The van der Waals surface area contributed by atoms with Crippen LogP contribution in [0.15, 0.2) is 72.9 Å². The van der Waals surface area contributed by atoms with Gasteiger partial charge in [0.2, 0.25) is 11.4 Å². The highest BCUT2D eigenvalue weighted by Crippen LogP contribution is 2.21. The monoisotopic (exact) mass is 265 g/mol. The lowest BCUT2D eigenvalue weighted by molar-refractivity contribution is -0.583. The molecule has 0 saturated carbocycles. The Bertz CT molecular complexity index is 739. The van der Waals surface area contributed by atoms with Crippen LogP contribution in [-0.2, 0) is 0 Å². The molecule has 0 saturated heterocycles. The standard InChI is InChI=1S/C17H14FN2/c18-16-9-5-4-8-15(16)17-11-10-13(19)12-20(17)14-6-2-1-3-7-14/h1-12H,19H2/q+1. The molecule has 3 rings (SSSR count). The largest absolute Gasteiger partial charge is 0.394 e. The first kappa shape index (κ1) is 12.4. The van der Waals surface area contributed by atoms with Gasteiger partial charge in [0.05, 0.1) is 11.3 Å². The maximum atomic E-state index is 14.0. The zero-order valence-corrected chi connectivity index (χ0v) is 10.8. The van der Waals surface area contributed by atoms with Gasteiger partial charge in [-0.1, -0.05) is 30.3 Å². The summed E-state index contributed by atoms with van der Waals surface area (Å²) >= 11 is 0. The molecule has 98 valence electrons. The molecule has 0 bridgehead atoms. The van der Waals surface area contributed by atoms with E-state index in [0.717, 1.165) is 11.4 Å². The number of benzene rings is 2. The summed E-state index contributed by atoms with van der Waals surface area (Å²) in [4.78, 5) is 0. The van der Waals surface area contributed by atoms with Crippen LogP contribution in [0.2, 0.25) is 0 Å². The minimum atomic E-state index is -0.248. The summed E-state index contributed by atoms with van der Waals surface area (Å²) < 4.78 is 15.9. The molecule has 0 aliphatic heterocycles. The van der Waals surface area contributed by atoms with E-state index in [1.165, 1.54) is 6.07 Å². The Labute approximate surface area is 116 Å². The molecular weight excluding hydrogens is 251 g/mol. The van der Waals surface area contributed by atoms with Gasteiger partial charge in [-0.15, -0.1) is 0 Å². The number of hydrogen-bond donors (Lipinski definition) is 1. The lowest BCUT2D eigenvalue weighted by atomic mass is 10.1. The third kappa shape index (κ3) is 2.26. The predicted octanol–water partition coefficient (Wildman–Crippen LogP) is 3.35. The van der Waals surface area contributed by atoms with Crippen LogP contribution in [0.1, 0.15) is 0 Å². The molecule has 3 aromatic rings. The summed E-state index contributed by atoms with van der Waals surface area (Å²) in [7, 11) is 0. The zero-order valence-electron chi connectivity index (χ0n) is 10.8. The number of nitrogens with zero attached hydrogens (tertiary/aromatic N) is 1. The lowest BCUT2D eigenvalue weighted by Gasteiger charge is -2.05. The molecule has 2 aromatic carbocycles. The Kier molecular flexibility index (Phi) is 3.17. The highest BCUT2D eigenvalue weighted by atomic mass is 19.1. The van der Waals surface area contributed by atoms with E-state index in [4.69, 9.17) is 5.73 Å². The number of nitrogen functional groups attached to an aromatic ring is 1. The van der Waals surface area contributed by atoms with Crippen molar-refractivity contribution in [3.63, 3.8) is 0 Å². The van der Waals surface area contributed by atoms with Crippen LogP contribution < -0.4 is 10.3 Å². The second kappa shape index (κ2) is 5.13. The molecule has 3 heteroatoms. The van der Waals surface area contributed by atoms with Crippen molar-refractivity contribution in [3.05, 3.63) is 78.7 Å². The van der Waals surface area contributed by atoms with Crippen molar-refractivity contribution in [1.82, 2.24) is 0 Å². The van der Waals surface area contributed by atoms with Gasteiger partial charge in [-0.05, 0) is 18.2 Å². The summed E-state index contributed by atoms with van der Waals surface area (Å²) in [6.45, 7) is 0. The van der Waals surface area contributed by atoms with Gasteiger partial charge >= 0.3 is 0 Å². The molecular formula is C17H14FN2+. The Morgan fingerprint density at radius 1 is 0.800 bits per heavy atom. The quantitative estimate of drug-likeness (QED) is 0.707. The van der Waals surface area contributed by atoms with Gasteiger partial charge < -0.3 is 5.73 Å². The molecule has 1 aromatic heterocycles. The first-order valence-corrected chi connectivity index (χ1v) is 6.37. The predicted molar refractivity (Wildman–Crippen MR) is 77.8 cm³/mol. The molecule has 0 unspecified atom stereocenters. The summed E-state index contributed by atoms with van der Waals surface area (Å²) in [6, 6.07) is 20.1. The summed E-state index contributed by atoms with van der Waals surface area (Å²) in [5.74, 6) is -0.248. The second-order valence-corrected chi connectivity index (χ2v) is 4.53. The van der Waals surface area contributed by atoms with E-state index in [2.05, 4.69) is 0 Å². The molecule has 0 spiro atoms. The highest BCUT2D eigenvalue weighted by molar-refractivity contribution is 5.58. The minimum absolute atomic E-state index is 0.248. The molecule has 0 radical (unpaired) electrons. The van der Waals surface area contributed by atoms with Crippen molar-refractivity contribution in [2.24, 2.45) is 0 Å². The number of anilines is 1. The van der Waals surface area contributed by atoms with E-state index in [0.29, 0.717) is 11.3 Å². The highest BCUT2D eigenvalue weighted by Gasteiger charge is 2.18. The smallest absolute Gasteiger partial charge is 0.221 e. The number of para-hydroxylation sites is 1. The second-order valence-electron chi connectivity index (χ2n) is 4.53. The number of nitrogens with two attached hydrogens (primary N) is 1. The van der Waals surface area contributed by atoms with Crippen molar-refractivity contribution in [3.8, 4) is 16.9 Å². The molecule has 0 aliphatic carbocycles. The number of hydrogen-bond acceptors (Lipinski definition) is 1. The van der Waals surface area contributed by atoms with Crippen molar-refractivity contribution < 1.29 is 8.96 Å². The van der Waals surface area contributed by atoms with Gasteiger partial charge in [0.25, 0.3) is 0 Å². The summed E-state index contributed by atoms with van der Waals surface area (Å²) in [5, 5.41) is 0. The maximum absolute atomic E-state index is 14.0. The molecule has 2 nitrogen and oxygen atoms in total. The van der Waals surface area contributed by atoms with Gasteiger partial charge in [0.1, 0.15) is 5.82 Å². The third-order valence-electron chi connectivity index (χ3n) is 3.16. The Hall–Kier alpha value is -2.68. The van der Waals surface area contributed by atoms with Crippen LogP contribution in [0.5, 0.6) is 0 Å². The number of pyridine rings is 1. The first-order valence-electron chi connectivity index (χ1n) is 6.37. The van der Waals surface area contributed by atoms with Crippen molar-refractivity contribution in [2.45, 2.75) is 0 Å². The zero-order chi connectivity index (χ0) is 13.9. The van der Waals surface area contributed by atoms with E-state index in [9.17, 15) is 4.39 Å². The third-order valence-corrected chi connectivity index (χ3v) is 3.16. The Morgan fingerprint density at radius 3 is 2.25 bits per heavy atom. The van der Waals surface area contributed by atoms with Crippen LogP contribution in [0.25, 0.3) is 16.9 Å². The normalized spacial score (nSPS) is 10.4. The summed E-state index contributed by atoms with van der Waals surface area (Å²) in [6.07, 6.45) is 1.80. The minimum Gasteiger partial charge on any atom is -0.394 e. The SMILES string of the molecule is Nc1ccc(-c2ccccc2F)[n+](-c2ccccc2)c1. The van der Waals surface area contributed by atoms with Gasteiger partial charge in [0.15, 0.2) is 6.20 Å². The van der Waals surface area contributed by atoms with E-state index < -0.39 is 0 Å². The van der Waals surface area contributed by atoms with Crippen LogP contribution in [0.4, 0.5) is 10.1 Å². The lowest BCUT2D eigenvalue weighted by Crippen LogP contribution is -2.33.